The van der Waals surface area contributed by atoms with Gasteiger partial charge >= 0.3 is 0 Å². The van der Waals surface area contributed by atoms with E-state index in [1.54, 1.807) is 12.1 Å². The van der Waals surface area contributed by atoms with Crippen LogP contribution in [0, 0.1) is 0 Å². The van der Waals surface area contributed by atoms with Crippen molar-refractivity contribution in [2.24, 2.45) is 0 Å². The highest BCUT2D eigenvalue weighted by atomic mass is 79.9. The summed E-state index contributed by atoms with van der Waals surface area (Å²) in [6, 6.07) is 4.70. The number of hydrogen-bond donors (Lipinski definition) is 2. The average Bonchev–Trinajstić information content (AvgIpc) is 3.13. The van der Waals surface area contributed by atoms with E-state index in [9.17, 15) is 8.42 Å². The molecule has 18 heavy (non-hydrogen) atoms. The first-order valence-corrected chi connectivity index (χ1v) is 7.88. The van der Waals surface area contributed by atoms with Crippen LogP contribution in [0.15, 0.2) is 27.6 Å². The molecule has 1 aliphatic carbocycles. The first-order valence-electron chi connectivity index (χ1n) is 5.64. The Hall–Kier alpha value is -0.630. The molecular formula is C11H15BrN2O3S. The number of halogens is 1. The van der Waals surface area contributed by atoms with Crippen LogP contribution in [0.25, 0.3) is 0 Å². The third-order valence-corrected chi connectivity index (χ3v) is 5.76. The van der Waals surface area contributed by atoms with Crippen LogP contribution in [0.2, 0.25) is 0 Å². The molecule has 0 radical (unpaired) electrons. The minimum Gasteiger partial charge on any atom is -0.399 e. The quantitative estimate of drug-likeness (QED) is 0.792. The molecule has 1 saturated carbocycles. The van der Waals surface area contributed by atoms with Gasteiger partial charge in [0.05, 0.1) is 11.5 Å². The van der Waals surface area contributed by atoms with Crippen molar-refractivity contribution in [1.82, 2.24) is 4.31 Å². The third-order valence-electron chi connectivity index (χ3n) is 2.82. The van der Waals surface area contributed by atoms with E-state index in [-0.39, 0.29) is 24.1 Å². The summed E-state index contributed by atoms with van der Waals surface area (Å²) >= 11 is 3.23. The Kier molecular flexibility index (Phi) is 3.96. The van der Waals surface area contributed by atoms with Crippen LogP contribution >= 0.6 is 15.9 Å². The molecule has 0 aromatic heterocycles. The van der Waals surface area contributed by atoms with Crippen molar-refractivity contribution in [1.29, 1.82) is 0 Å². The fraction of sp³-hybridized carbons (Fsp3) is 0.455. The Morgan fingerprint density at radius 3 is 2.67 bits per heavy atom. The molecular weight excluding hydrogens is 320 g/mol. The smallest absolute Gasteiger partial charge is 0.244 e. The lowest BCUT2D eigenvalue weighted by Crippen LogP contribution is -2.35. The molecule has 0 amide bonds. The maximum atomic E-state index is 12.5. The van der Waals surface area contributed by atoms with Gasteiger partial charge in [0.15, 0.2) is 0 Å². The second-order valence-corrected chi connectivity index (χ2v) is 6.97. The first-order chi connectivity index (χ1) is 8.46. The average molecular weight is 335 g/mol. The van der Waals surface area contributed by atoms with Gasteiger partial charge in [0.2, 0.25) is 10.0 Å². The maximum Gasteiger partial charge on any atom is 0.244 e. The van der Waals surface area contributed by atoms with Gasteiger partial charge < -0.3 is 10.8 Å². The molecule has 5 nitrogen and oxygen atoms in total. The summed E-state index contributed by atoms with van der Waals surface area (Å²) in [5, 5.41) is 9.00. The largest absolute Gasteiger partial charge is 0.399 e. The normalized spacial score (nSPS) is 16.2. The van der Waals surface area contributed by atoms with E-state index in [0.29, 0.717) is 10.2 Å². The number of sulfonamides is 1. The van der Waals surface area contributed by atoms with Gasteiger partial charge in [-0.3, -0.25) is 0 Å². The molecule has 7 heteroatoms. The first kappa shape index (κ1) is 13.8. The van der Waals surface area contributed by atoms with Gasteiger partial charge in [-0.1, -0.05) is 0 Å². The van der Waals surface area contributed by atoms with Crippen molar-refractivity contribution in [3.63, 3.8) is 0 Å². The molecule has 0 aliphatic heterocycles. The number of benzene rings is 1. The van der Waals surface area contributed by atoms with Gasteiger partial charge in [-0.15, -0.1) is 0 Å². The standard InChI is InChI=1S/C11H15BrN2O3S/c12-10-4-1-8(13)7-11(10)18(16,17)14(5-6-15)9-2-3-9/h1,4,7,9,15H,2-3,5-6,13H2. The van der Waals surface area contributed by atoms with Crippen LogP contribution < -0.4 is 5.73 Å². The van der Waals surface area contributed by atoms with E-state index < -0.39 is 10.0 Å². The highest BCUT2D eigenvalue weighted by Gasteiger charge is 2.38. The summed E-state index contributed by atoms with van der Waals surface area (Å²) in [6.07, 6.45) is 1.69. The SMILES string of the molecule is Nc1ccc(Br)c(S(=O)(=O)N(CCO)C2CC2)c1. The summed E-state index contributed by atoms with van der Waals surface area (Å²) in [4.78, 5) is 0.155. The molecule has 1 aromatic rings. The van der Waals surface area contributed by atoms with Crippen molar-refractivity contribution in [3.8, 4) is 0 Å². The Labute approximate surface area is 115 Å². The van der Waals surface area contributed by atoms with Crippen LogP contribution in [-0.2, 0) is 10.0 Å². The van der Waals surface area contributed by atoms with Gasteiger partial charge in [0.25, 0.3) is 0 Å². The highest BCUT2D eigenvalue weighted by Crippen LogP contribution is 2.34. The monoisotopic (exact) mass is 334 g/mol. The minimum atomic E-state index is -3.61. The molecule has 0 unspecified atom stereocenters. The second-order valence-electron chi connectivity index (χ2n) is 4.26. The maximum absolute atomic E-state index is 12.5. The zero-order chi connectivity index (χ0) is 13.3. The van der Waals surface area contributed by atoms with Gasteiger partial charge in [-0.2, -0.15) is 4.31 Å². The van der Waals surface area contributed by atoms with Crippen LogP contribution in [0.5, 0.6) is 0 Å². The number of hydrogen-bond acceptors (Lipinski definition) is 4. The predicted octanol–water partition coefficient (Wildman–Crippen LogP) is 1.18. The summed E-state index contributed by atoms with van der Waals surface area (Å²) in [5.41, 5.74) is 6.04. The molecule has 0 bridgehead atoms. The molecule has 100 valence electrons. The van der Waals surface area contributed by atoms with Gasteiger partial charge in [0, 0.05) is 22.7 Å². The zero-order valence-corrected chi connectivity index (χ0v) is 12.1. The summed E-state index contributed by atoms with van der Waals surface area (Å²) in [5.74, 6) is 0. The number of aliphatic hydroxyl groups excluding tert-OH is 1. The van der Waals surface area contributed by atoms with E-state index >= 15 is 0 Å². The molecule has 1 aromatic carbocycles. The number of nitrogen functional groups attached to an aromatic ring is 1. The number of nitrogens with two attached hydrogens (primary N) is 1. The van der Waals surface area contributed by atoms with Crippen molar-refractivity contribution in [3.05, 3.63) is 22.7 Å². The molecule has 0 saturated heterocycles. The molecule has 0 heterocycles. The van der Waals surface area contributed by atoms with Crippen molar-refractivity contribution >= 4 is 31.6 Å². The van der Waals surface area contributed by atoms with E-state index in [1.807, 2.05) is 0 Å². The van der Waals surface area contributed by atoms with Crippen molar-refractivity contribution in [2.75, 3.05) is 18.9 Å². The Bertz CT molecular complexity index is 543. The van der Waals surface area contributed by atoms with Gasteiger partial charge in [-0.05, 0) is 47.0 Å². The molecule has 2 rings (SSSR count). The molecule has 0 atom stereocenters. The second kappa shape index (κ2) is 5.16. The predicted molar refractivity (Wildman–Crippen MR) is 72.6 cm³/mol. The van der Waals surface area contributed by atoms with E-state index in [0.717, 1.165) is 12.8 Å². The van der Waals surface area contributed by atoms with Crippen LogP contribution in [0.4, 0.5) is 5.69 Å². The molecule has 1 aliphatic rings. The topological polar surface area (TPSA) is 83.6 Å². The highest BCUT2D eigenvalue weighted by molar-refractivity contribution is 9.10. The minimum absolute atomic E-state index is 0.00970. The van der Waals surface area contributed by atoms with Crippen molar-refractivity contribution in [2.45, 2.75) is 23.8 Å². The Morgan fingerprint density at radius 1 is 1.44 bits per heavy atom. The lowest BCUT2D eigenvalue weighted by atomic mass is 10.3. The Balaban J connectivity index is 2.42. The lowest BCUT2D eigenvalue weighted by Gasteiger charge is -2.21. The summed E-state index contributed by atoms with van der Waals surface area (Å²) in [7, 11) is -3.61. The number of aliphatic hydroxyl groups is 1. The Morgan fingerprint density at radius 2 is 2.11 bits per heavy atom. The van der Waals surface area contributed by atoms with Crippen molar-refractivity contribution < 1.29 is 13.5 Å². The fourth-order valence-corrected chi connectivity index (χ4v) is 4.44. The number of rotatable bonds is 5. The van der Waals surface area contributed by atoms with Gasteiger partial charge in [-0.25, -0.2) is 8.42 Å². The number of nitrogens with zero attached hydrogens (tertiary/aromatic N) is 1. The lowest BCUT2D eigenvalue weighted by molar-refractivity contribution is 0.250. The molecule has 0 spiro atoms. The summed E-state index contributed by atoms with van der Waals surface area (Å²) in [6.45, 7) is -0.0656. The third kappa shape index (κ3) is 2.69. The van der Waals surface area contributed by atoms with E-state index in [4.69, 9.17) is 10.8 Å². The molecule has 3 N–H and O–H groups in total. The van der Waals surface area contributed by atoms with Crippen LogP contribution in [-0.4, -0.2) is 37.0 Å². The fourth-order valence-electron chi connectivity index (χ4n) is 1.80. The van der Waals surface area contributed by atoms with Gasteiger partial charge in [0.1, 0.15) is 0 Å². The molecule has 1 fully saturated rings. The zero-order valence-electron chi connectivity index (χ0n) is 9.71. The van der Waals surface area contributed by atoms with Crippen LogP contribution in [0.1, 0.15) is 12.8 Å². The van der Waals surface area contributed by atoms with E-state index in [2.05, 4.69) is 15.9 Å². The number of anilines is 1. The summed E-state index contributed by atoms with van der Waals surface area (Å²) < 4.78 is 26.9. The van der Waals surface area contributed by atoms with E-state index in [1.165, 1.54) is 10.4 Å². The van der Waals surface area contributed by atoms with Crippen LogP contribution in [0.3, 0.4) is 0 Å².